The second-order valence-corrected chi connectivity index (χ2v) is 4.31. The molecule has 0 amide bonds. The monoisotopic (exact) mass is 225 g/mol. The normalized spacial score (nSPS) is 21.5. The quantitative estimate of drug-likeness (QED) is 0.840. The van der Waals surface area contributed by atoms with Gasteiger partial charge in [0, 0.05) is 12.6 Å². The Balaban J connectivity index is 2.39. The molecule has 0 radical (unpaired) electrons. The highest BCUT2D eigenvalue weighted by Gasteiger charge is 2.17. The molecule has 2 rings (SSSR count). The van der Waals surface area contributed by atoms with E-state index < -0.39 is 0 Å². The molecule has 0 saturated carbocycles. The standard InChI is InChI=1S/C11H16ClN3/c1-2-15-11(10(12)7-14-15)8-4-3-5-9(13)6-8/h6-7,9H,2-5,13H2,1H3. The fourth-order valence-electron chi connectivity index (χ4n) is 2.07. The summed E-state index contributed by atoms with van der Waals surface area (Å²) in [6.45, 7) is 2.91. The van der Waals surface area contributed by atoms with Crippen molar-refractivity contribution in [3.05, 3.63) is 23.0 Å². The Hall–Kier alpha value is -0.800. The van der Waals surface area contributed by atoms with Crippen LogP contribution >= 0.6 is 11.6 Å². The van der Waals surface area contributed by atoms with E-state index in [1.54, 1.807) is 6.20 Å². The third-order valence-corrected chi connectivity index (χ3v) is 3.07. The molecule has 1 heterocycles. The summed E-state index contributed by atoms with van der Waals surface area (Å²) in [7, 11) is 0. The van der Waals surface area contributed by atoms with Crippen molar-refractivity contribution < 1.29 is 0 Å². The zero-order valence-electron chi connectivity index (χ0n) is 8.91. The summed E-state index contributed by atoms with van der Waals surface area (Å²) in [5.74, 6) is 0. The first kappa shape index (κ1) is 10.7. The number of nitrogens with zero attached hydrogens (tertiary/aromatic N) is 2. The fourth-order valence-corrected chi connectivity index (χ4v) is 2.33. The zero-order chi connectivity index (χ0) is 10.8. The van der Waals surface area contributed by atoms with Crippen molar-refractivity contribution in [2.75, 3.05) is 0 Å². The molecule has 4 heteroatoms. The number of aromatic nitrogens is 2. The molecule has 1 atom stereocenters. The number of nitrogens with two attached hydrogens (primary N) is 1. The minimum absolute atomic E-state index is 0.171. The van der Waals surface area contributed by atoms with Gasteiger partial charge in [-0.05, 0) is 31.8 Å². The maximum absolute atomic E-state index is 6.14. The lowest BCUT2D eigenvalue weighted by atomic mass is 9.94. The molecule has 0 fully saturated rings. The van der Waals surface area contributed by atoms with E-state index in [9.17, 15) is 0 Å². The molecule has 1 aliphatic rings. The van der Waals surface area contributed by atoms with E-state index >= 15 is 0 Å². The lowest BCUT2D eigenvalue weighted by molar-refractivity contribution is 0.626. The molecule has 1 aliphatic carbocycles. The molecule has 0 saturated heterocycles. The highest BCUT2D eigenvalue weighted by Crippen LogP contribution is 2.30. The number of halogens is 1. The van der Waals surface area contributed by atoms with Crippen LogP contribution in [0, 0.1) is 0 Å². The van der Waals surface area contributed by atoms with Gasteiger partial charge in [-0.25, -0.2) is 0 Å². The van der Waals surface area contributed by atoms with Crippen LogP contribution < -0.4 is 5.73 Å². The van der Waals surface area contributed by atoms with Crippen LogP contribution in [0.4, 0.5) is 0 Å². The van der Waals surface area contributed by atoms with Crippen molar-refractivity contribution in [3.8, 4) is 0 Å². The zero-order valence-corrected chi connectivity index (χ0v) is 9.67. The van der Waals surface area contributed by atoms with E-state index in [0.29, 0.717) is 0 Å². The van der Waals surface area contributed by atoms with E-state index in [4.69, 9.17) is 17.3 Å². The summed E-state index contributed by atoms with van der Waals surface area (Å²) in [6.07, 6.45) is 7.10. The van der Waals surface area contributed by atoms with Gasteiger partial charge in [-0.3, -0.25) is 4.68 Å². The van der Waals surface area contributed by atoms with Crippen LogP contribution in [0.2, 0.25) is 5.02 Å². The van der Waals surface area contributed by atoms with Crippen molar-refractivity contribution in [1.82, 2.24) is 9.78 Å². The largest absolute Gasteiger partial charge is 0.324 e. The molecule has 0 spiro atoms. The molecule has 3 nitrogen and oxygen atoms in total. The molecule has 1 unspecified atom stereocenters. The van der Waals surface area contributed by atoms with Gasteiger partial charge >= 0.3 is 0 Å². The van der Waals surface area contributed by atoms with Crippen molar-refractivity contribution >= 4 is 17.2 Å². The van der Waals surface area contributed by atoms with Gasteiger partial charge in [0.1, 0.15) is 0 Å². The number of allylic oxidation sites excluding steroid dienone is 1. The third-order valence-electron chi connectivity index (χ3n) is 2.80. The molecule has 1 aromatic heterocycles. The number of hydrogen-bond donors (Lipinski definition) is 1. The van der Waals surface area contributed by atoms with Crippen LogP contribution in [0.25, 0.3) is 5.57 Å². The molecular formula is C11H16ClN3. The summed E-state index contributed by atoms with van der Waals surface area (Å²) in [5.41, 5.74) is 8.22. The minimum atomic E-state index is 0.171. The topological polar surface area (TPSA) is 43.8 Å². The second kappa shape index (κ2) is 4.37. The van der Waals surface area contributed by atoms with Crippen molar-refractivity contribution in [2.24, 2.45) is 5.73 Å². The maximum Gasteiger partial charge on any atom is 0.0862 e. The summed E-state index contributed by atoms with van der Waals surface area (Å²) >= 11 is 6.14. The Labute approximate surface area is 94.9 Å². The molecule has 0 bridgehead atoms. The Bertz CT molecular complexity index is 381. The Morgan fingerprint density at radius 3 is 3.13 bits per heavy atom. The van der Waals surface area contributed by atoms with E-state index in [1.165, 1.54) is 5.57 Å². The molecule has 82 valence electrons. The number of aryl methyl sites for hydroxylation is 1. The first-order valence-electron chi connectivity index (χ1n) is 5.40. The van der Waals surface area contributed by atoms with Crippen molar-refractivity contribution in [1.29, 1.82) is 0 Å². The van der Waals surface area contributed by atoms with E-state index in [-0.39, 0.29) is 6.04 Å². The lowest BCUT2D eigenvalue weighted by Crippen LogP contribution is -2.20. The van der Waals surface area contributed by atoms with Crippen LogP contribution in [-0.4, -0.2) is 15.8 Å². The van der Waals surface area contributed by atoms with Crippen LogP contribution in [0.3, 0.4) is 0 Å². The van der Waals surface area contributed by atoms with Gasteiger partial charge < -0.3 is 5.73 Å². The highest BCUT2D eigenvalue weighted by atomic mass is 35.5. The van der Waals surface area contributed by atoms with Gasteiger partial charge in [0.25, 0.3) is 0 Å². The number of hydrogen-bond acceptors (Lipinski definition) is 2. The lowest BCUT2D eigenvalue weighted by Gasteiger charge is -2.18. The second-order valence-electron chi connectivity index (χ2n) is 3.90. The highest BCUT2D eigenvalue weighted by molar-refractivity contribution is 6.32. The minimum Gasteiger partial charge on any atom is -0.324 e. The Morgan fingerprint density at radius 2 is 2.47 bits per heavy atom. The predicted octanol–water partition coefficient (Wildman–Crippen LogP) is 2.45. The van der Waals surface area contributed by atoms with Gasteiger partial charge in [-0.15, -0.1) is 0 Å². The van der Waals surface area contributed by atoms with E-state index in [2.05, 4.69) is 18.1 Å². The van der Waals surface area contributed by atoms with E-state index in [1.807, 2.05) is 4.68 Å². The average Bonchev–Trinajstić information content (AvgIpc) is 2.59. The molecule has 0 aliphatic heterocycles. The van der Waals surface area contributed by atoms with Crippen molar-refractivity contribution in [2.45, 2.75) is 38.8 Å². The van der Waals surface area contributed by atoms with Crippen LogP contribution in [0.15, 0.2) is 12.3 Å². The molecule has 1 aromatic rings. The first-order valence-corrected chi connectivity index (χ1v) is 5.78. The number of rotatable bonds is 2. The smallest absolute Gasteiger partial charge is 0.0862 e. The van der Waals surface area contributed by atoms with Crippen molar-refractivity contribution in [3.63, 3.8) is 0 Å². The van der Waals surface area contributed by atoms with Gasteiger partial charge in [-0.1, -0.05) is 17.7 Å². The fraction of sp³-hybridized carbons (Fsp3) is 0.545. The Kier molecular flexibility index (Phi) is 3.12. The third kappa shape index (κ3) is 2.08. The van der Waals surface area contributed by atoms with Crippen LogP contribution in [0.5, 0.6) is 0 Å². The van der Waals surface area contributed by atoms with Crippen LogP contribution in [-0.2, 0) is 6.54 Å². The molecule has 15 heavy (non-hydrogen) atoms. The maximum atomic E-state index is 6.14. The Morgan fingerprint density at radius 1 is 1.67 bits per heavy atom. The molecule has 0 aromatic carbocycles. The van der Waals surface area contributed by atoms with Gasteiger partial charge in [-0.2, -0.15) is 5.10 Å². The SMILES string of the molecule is CCn1ncc(Cl)c1C1=CC(N)CCC1. The summed E-state index contributed by atoms with van der Waals surface area (Å²) in [6, 6.07) is 0.171. The van der Waals surface area contributed by atoms with Gasteiger partial charge in [0.15, 0.2) is 0 Å². The van der Waals surface area contributed by atoms with Gasteiger partial charge in [0.2, 0.25) is 0 Å². The average molecular weight is 226 g/mol. The van der Waals surface area contributed by atoms with Crippen LogP contribution in [0.1, 0.15) is 31.9 Å². The molecular weight excluding hydrogens is 210 g/mol. The van der Waals surface area contributed by atoms with E-state index in [0.717, 1.165) is 36.5 Å². The summed E-state index contributed by atoms with van der Waals surface area (Å²) < 4.78 is 1.94. The molecule has 2 N–H and O–H groups in total. The van der Waals surface area contributed by atoms with Gasteiger partial charge in [0.05, 0.1) is 16.9 Å². The summed E-state index contributed by atoms with van der Waals surface area (Å²) in [4.78, 5) is 0. The first-order chi connectivity index (χ1) is 7.22. The summed E-state index contributed by atoms with van der Waals surface area (Å²) in [5, 5.41) is 4.97. The predicted molar refractivity (Wildman–Crippen MR) is 62.7 cm³/mol.